The van der Waals surface area contributed by atoms with Gasteiger partial charge in [0.1, 0.15) is 0 Å². The lowest BCUT2D eigenvalue weighted by Gasteiger charge is -2.09. The number of anilines is 1. The van der Waals surface area contributed by atoms with Gasteiger partial charge in [0.05, 0.1) is 19.9 Å². The molecule has 3 rings (SSSR count). The van der Waals surface area contributed by atoms with E-state index in [0.29, 0.717) is 23.7 Å². The minimum absolute atomic E-state index is 0.147. The number of hydrazone groups is 1. The van der Waals surface area contributed by atoms with Crippen molar-refractivity contribution < 1.29 is 9.47 Å². The second-order valence-corrected chi connectivity index (χ2v) is 5.43. The van der Waals surface area contributed by atoms with Crippen molar-refractivity contribution in [1.29, 1.82) is 0 Å². The minimum Gasteiger partial charge on any atom is -0.493 e. The van der Waals surface area contributed by atoms with Crippen molar-refractivity contribution in [3.63, 3.8) is 0 Å². The monoisotopic (exact) mass is 365 g/mol. The van der Waals surface area contributed by atoms with Crippen LogP contribution in [0, 0.1) is 0 Å². The molecule has 8 nitrogen and oxygen atoms in total. The van der Waals surface area contributed by atoms with Crippen molar-refractivity contribution >= 4 is 12.2 Å². The third kappa shape index (κ3) is 4.49. The molecular weight excluding hydrogens is 346 g/mol. The van der Waals surface area contributed by atoms with E-state index in [-0.39, 0.29) is 17.2 Å². The maximum absolute atomic E-state index is 12.2. The van der Waals surface area contributed by atoms with Gasteiger partial charge in [0, 0.05) is 5.56 Å². The molecule has 0 aliphatic heterocycles. The van der Waals surface area contributed by atoms with Crippen molar-refractivity contribution in [2.24, 2.45) is 5.10 Å². The third-order valence-corrected chi connectivity index (χ3v) is 3.62. The summed E-state index contributed by atoms with van der Waals surface area (Å²) in [5.41, 5.74) is 4.05. The fourth-order valence-corrected chi connectivity index (χ4v) is 2.38. The van der Waals surface area contributed by atoms with Crippen molar-refractivity contribution in [3.05, 3.63) is 64.4 Å². The van der Waals surface area contributed by atoms with E-state index in [2.05, 4.69) is 25.7 Å². The number of aromatic nitrogens is 3. The third-order valence-electron chi connectivity index (χ3n) is 3.62. The fraction of sp³-hybridized carbons (Fsp3) is 0.158. The Morgan fingerprint density at radius 1 is 1.15 bits per heavy atom. The number of ether oxygens (including phenoxy) is 2. The van der Waals surface area contributed by atoms with Crippen LogP contribution in [0.25, 0.3) is 11.3 Å². The topological polar surface area (TPSA) is 101 Å². The molecule has 1 aromatic heterocycles. The molecule has 0 aliphatic carbocycles. The van der Waals surface area contributed by atoms with Crippen LogP contribution in [-0.2, 0) is 0 Å². The largest absolute Gasteiger partial charge is 0.493 e. The molecule has 2 N–H and O–H groups in total. The molecule has 0 amide bonds. The summed E-state index contributed by atoms with van der Waals surface area (Å²) in [6.45, 7) is 2.46. The number of H-pyrrole nitrogens is 1. The van der Waals surface area contributed by atoms with Crippen LogP contribution in [0.5, 0.6) is 11.5 Å². The molecule has 8 heteroatoms. The lowest BCUT2D eigenvalue weighted by molar-refractivity contribution is 0.311. The molecule has 0 spiro atoms. The zero-order valence-electron chi connectivity index (χ0n) is 15.0. The first-order valence-corrected chi connectivity index (χ1v) is 8.33. The van der Waals surface area contributed by atoms with E-state index < -0.39 is 0 Å². The van der Waals surface area contributed by atoms with Crippen molar-refractivity contribution in [2.45, 2.75) is 6.92 Å². The Morgan fingerprint density at radius 2 is 1.96 bits per heavy atom. The summed E-state index contributed by atoms with van der Waals surface area (Å²) in [6.07, 6.45) is 1.57. The SMILES string of the molecule is CCOc1ccc(/C=N/Nc2nnc(-c3ccccc3)c(=O)[nH]2)cc1OC. The Labute approximate surface area is 155 Å². The molecule has 0 saturated heterocycles. The Bertz CT molecular complexity index is 986. The van der Waals surface area contributed by atoms with Crippen LogP contribution in [0.2, 0.25) is 0 Å². The summed E-state index contributed by atoms with van der Waals surface area (Å²) < 4.78 is 10.8. The van der Waals surface area contributed by atoms with Gasteiger partial charge in [-0.3, -0.25) is 9.78 Å². The van der Waals surface area contributed by atoms with Crippen molar-refractivity contribution in [1.82, 2.24) is 15.2 Å². The predicted octanol–water partition coefficient (Wildman–Crippen LogP) is 2.69. The Morgan fingerprint density at radius 3 is 2.67 bits per heavy atom. The van der Waals surface area contributed by atoms with Crippen LogP contribution in [0.15, 0.2) is 58.4 Å². The van der Waals surface area contributed by atoms with Crippen molar-refractivity contribution in [3.8, 4) is 22.8 Å². The standard InChI is InChI=1S/C19H19N5O3/c1-3-27-15-10-9-13(11-16(15)26-2)12-20-23-19-21-18(25)17(22-24-19)14-7-5-4-6-8-14/h4-12H,3H2,1-2H3,(H2,21,23,24,25)/b20-12+. The zero-order chi connectivity index (χ0) is 19.1. The van der Waals surface area contributed by atoms with Crippen LogP contribution in [0.1, 0.15) is 12.5 Å². The molecule has 3 aromatic rings. The maximum atomic E-state index is 12.2. The van der Waals surface area contributed by atoms with Gasteiger partial charge in [0.15, 0.2) is 17.2 Å². The lowest BCUT2D eigenvalue weighted by atomic mass is 10.2. The second kappa shape index (κ2) is 8.61. The highest BCUT2D eigenvalue weighted by atomic mass is 16.5. The number of nitrogens with one attached hydrogen (secondary N) is 2. The average Bonchev–Trinajstić information content (AvgIpc) is 2.70. The van der Waals surface area contributed by atoms with Gasteiger partial charge in [-0.05, 0) is 30.7 Å². The van der Waals surface area contributed by atoms with Gasteiger partial charge in [-0.15, -0.1) is 10.2 Å². The normalized spacial score (nSPS) is 10.7. The van der Waals surface area contributed by atoms with Gasteiger partial charge >= 0.3 is 0 Å². The Kier molecular flexibility index (Phi) is 5.78. The molecular formula is C19H19N5O3. The Hall–Kier alpha value is -3.68. The van der Waals surface area contributed by atoms with Gasteiger partial charge in [-0.1, -0.05) is 30.3 Å². The highest BCUT2D eigenvalue weighted by Crippen LogP contribution is 2.27. The number of aromatic amines is 1. The molecule has 2 aromatic carbocycles. The van der Waals surface area contributed by atoms with E-state index in [4.69, 9.17) is 9.47 Å². The Balaban J connectivity index is 1.71. The number of hydrogen-bond acceptors (Lipinski definition) is 7. The first-order valence-electron chi connectivity index (χ1n) is 8.33. The highest BCUT2D eigenvalue weighted by Gasteiger charge is 2.07. The zero-order valence-corrected chi connectivity index (χ0v) is 15.0. The summed E-state index contributed by atoms with van der Waals surface area (Å²) in [6, 6.07) is 14.6. The van der Waals surface area contributed by atoms with Gasteiger partial charge in [0.25, 0.3) is 5.56 Å². The molecule has 0 radical (unpaired) electrons. The van der Waals surface area contributed by atoms with Crippen LogP contribution < -0.4 is 20.5 Å². The molecule has 138 valence electrons. The average molecular weight is 365 g/mol. The van der Waals surface area contributed by atoms with E-state index in [1.165, 1.54) is 0 Å². The van der Waals surface area contributed by atoms with Gasteiger partial charge in [-0.2, -0.15) is 5.10 Å². The summed E-state index contributed by atoms with van der Waals surface area (Å²) >= 11 is 0. The van der Waals surface area contributed by atoms with E-state index in [1.807, 2.05) is 31.2 Å². The maximum Gasteiger partial charge on any atom is 0.279 e. The number of rotatable bonds is 7. The molecule has 0 unspecified atom stereocenters. The number of hydrogen-bond donors (Lipinski definition) is 2. The highest BCUT2D eigenvalue weighted by molar-refractivity contribution is 5.81. The van der Waals surface area contributed by atoms with E-state index in [0.717, 1.165) is 5.56 Å². The van der Waals surface area contributed by atoms with Gasteiger partial charge < -0.3 is 9.47 Å². The fourth-order valence-electron chi connectivity index (χ4n) is 2.38. The minimum atomic E-state index is -0.350. The quantitative estimate of drug-likeness (QED) is 0.493. The van der Waals surface area contributed by atoms with Crippen LogP contribution in [0.3, 0.4) is 0 Å². The molecule has 0 aliphatic rings. The van der Waals surface area contributed by atoms with E-state index in [1.54, 1.807) is 37.6 Å². The van der Waals surface area contributed by atoms with Crippen molar-refractivity contribution in [2.75, 3.05) is 19.1 Å². The predicted molar refractivity (Wildman–Crippen MR) is 103 cm³/mol. The van der Waals surface area contributed by atoms with Gasteiger partial charge in [-0.25, -0.2) is 5.43 Å². The number of nitrogens with zero attached hydrogens (tertiary/aromatic N) is 3. The smallest absolute Gasteiger partial charge is 0.279 e. The number of benzene rings is 2. The summed E-state index contributed by atoms with van der Waals surface area (Å²) in [4.78, 5) is 14.8. The summed E-state index contributed by atoms with van der Waals surface area (Å²) in [5.74, 6) is 1.42. The van der Waals surface area contributed by atoms with E-state index in [9.17, 15) is 4.79 Å². The summed E-state index contributed by atoms with van der Waals surface area (Å²) in [7, 11) is 1.58. The second-order valence-electron chi connectivity index (χ2n) is 5.43. The molecule has 0 atom stereocenters. The van der Waals surface area contributed by atoms with Crippen LogP contribution in [0.4, 0.5) is 5.95 Å². The van der Waals surface area contributed by atoms with E-state index >= 15 is 0 Å². The molecule has 0 saturated carbocycles. The van der Waals surface area contributed by atoms with Crippen LogP contribution in [-0.4, -0.2) is 35.1 Å². The molecule has 1 heterocycles. The lowest BCUT2D eigenvalue weighted by Crippen LogP contribution is -2.15. The molecule has 0 bridgehead atoms. The molecule has 0 fully saturated rings. The molecule has 27 heavy (non-hydrogen) atoms. The summed E-state index contributed by atoms with van der Waals surface area (Å²) in [5, 5.41) is 12.0. The number of methoxy groups -OCH3 is 1. The first kappa shape index (κ1) is 18.1. The first-order chi connectivity index (χ1) is 13.2. The van der Waals surface area contributed by atoms with Gasteiger partial charge in [0.2, 0.25) is 5.95 Å². The van der Waals surface area contributed by atoms with Crippen LogP contribution >= 0.6 is 0 Å².